The molecule has 0 atom stereocenters. The topological polar surface area (TPSA) is 111 Å². The minimum atomic E-state index is -0.848. The minimum Gasteiger partial charge on any atom is -0.383 e. The lowest BCUT2D eigenvalue weighted by Crippen LogP contribution is -2.44. The molecule has 7 nitrogen and oxygen atoms in total. The predicted octanol–water partition coefficient (Wildman–Crippen LogP) is -1.91. The van der Waals surface area contributed by atoms with Gasteiger partial charge in [0.1, 0.15) is 0 Å². The van der Waals surface area contributed by atoms with Crippen molar-refractivity contribution in [2.45, 2.75) is 0 Å². The number of rotatable bonds is 7. The van der Waals surface area contributed by atoms with Crippen LogP contribution in [0.15, 0.2) is 0 Å². The molecule has 0 fully saturated rings. The van der Waals surface area contributed by atoms with Gasteiger partial charge < -0.3 is 16.2 Å². The first kappa shape index (κ1) is 13.8. The third-order valence-electron chi connectivity index (χ3n) is 1.69. The summed E-state index contributed by atoms with van der Waals surface area (Å²) in [4.78, 5) is 23.3. The van der Waals surface area contributed by atoms with Crippen molar-refractivity contribution in [2.24, 2.45) is 11.5 Å². The minimum absolute atomic E-state index is 0.0868. The van der Waals surface area contributed by atoms with Crippen molar-refractivity contribution in [2.75, 3.05) is 39.9 Å². The molecule has 0 radical (unpaired) electrons. The molecule has 0 unspecified atom stereocenters. The summed E-state index contributed by atoms with van der Waals surface area (Å²) in [6.45, 7) is 2.18. The van der Waals surface area contributed by atoms with Gasteiger partial charge >= 0.3 is 6.03 Å². The van der Waals surface area contributed by atoms with Crippen LogP contribution < -0.4 is 16.8 Å². The molecule has 0 saturated heterocycles. The second kappa shape index (κ2) is 8.16. The summed E-state index contributed by atoms with van der Waals surface area (Å²) in [5, 5.41) is 1.98. The fourth-order valence-corrected chi connectivity index (χ4v) is 1.05. The molecule has 0 aliphatic rings. The zero-order valence-electron chi connectivity index (χ0n) is 8.86. The molecule has 0 aromatic heterocycles. The van der Waals surface area contributed by atoms with E-state index in [-0.39, 0.29) is 6.54 Å². The maximum Gasteiger partial charge on any atom is 0.318 e. The van der Waals surface area contributed by atoms with E-state index in [0.29, 0.717) is 26.2 Å². The third kappa shape index (κ3) is 7.86. The molecule has 0 bridgehead atoms. The maximum absolute atomic E-state index is 11.2. The van der Waals surface area contributed by atoms with Crippen LogP contribution in [0.5, 0.6) is 0 Å². The largest absolute Gasteiger partial charge is 0.383 e. The first-order valence-corrected chi connectivity index (χ1v) is 4.60. The van der Waals surface area contributed by atoms with E-state index < -0.39 is 11.9 Å². The summed E-state index contributed by atoms with van der Waals surface area (Å²) in [7, 11) is 1.57. The van der Waals surface area contributed by atoms with Crippen LogP contribution in [0.1, 0.15) is 0 Å². The SMILES string of the molecule is COCCN(CCN)CC(=O)NC(N)=O. The second-order valence-corrected chi connectivity index (χ2v) is 2.97. The van der Waals surface area contributed by atoms with E-state index in [4.69, 9.17) is 16.2 Å². The summed E-state index contributed by atoms with van der Waals surface area (Å²) in [5.41, 5.74) is 10.2. The quantitative estimate of drug-likeness (QED) is 0.461. The number of nitrogens with two attached hydrogens (primary N) is 2. The van der Waals surface area contributed by atoms with Crippen molar-refractivity contribution < 1.29 is 14.3 Å². The number of primary amides is 1. The van der Waals surface area contributed by atoms with Gasteiger partial charge in [-0.05, 0) is 0 Å². The van der Waals surface area contributed by atoms with E-state index in [2.05, 4.69) is 0 Å². The van der Waals surface area contributed by atoms with Crippen LogP contribution in [0.4, 0.5) is 4.79 Å². The maximum atomic E-state index is 11.2. The monoisotopic (exact) mass is 218 g/mol. The van der Waals surface area contributed by atoms with Crippen molar-refractivity contribution >= 4 is 11.9 Å². The Morgan fingerprint density at radius 1 is 1.40 bits per heavy atom. The molecule has 88 valence electrons. The smallest absolute Gasteiger partial charge is 0.318 e. The van der Waals surface area contributed by atoms with E-state index in [1.165, 1.54) is 0 Å². The summed E-state index contributed by atoms with van der Waals surface area (Å²) < 4.78 is 4.88. The van der Waals surface area contributed by atoms with Gasteiger partial charge in [-0.2, -0.15) is 0 Å². The summed E-state index contributed by atoms with van der Waals surface area (Å²) in [6.07, 6.45) is 0. The van der Waals surface area contributed by atoms with Crippen LogP contribution in [0.2, 0.25) is 0 Å². The number of ether oxygens (including phenoxy) is 1. The first-order valence-electron chi connectivity index (χ1n) is 4.60. The van der Waals surface area contributed by atoms with Gasteiger partial charge in [-0.3, -0.25) is 15.0 Å². The number of imide groups is 1. The molecular formula is C8H18N4O3. The van der Waals surface area contributed by atoms with E-state index in [0.717, 1.165) is 0 Å². The van der Waals surface area contributed by atoms with Gasteiger partial charge in [0, 0.05) is 26.7 Å². The lowest BCUT2D eigenvalue weighted by molar-refractivity contribution is -0.121. The molecule has 7 heteroatoms. The molecule has 0 aliphatic heterocycles. The first-order chi connectivity index (χ1) is 7.10. The summed E-state index contributed by atoms with van der Waals surface area (Å²) in [6, 6.07) is -0.848. The number of hydrogen-bond donors (Lipinski definition) is 3. The van der Waals surface area contributed by atoms with Gasteiger partial charge in [0.15, 0.2) is 0 Å². The Bertz CT molecular complexity index is 210. The molecule has 0 aliphatic carbocycles. The van der Waals surface area contributed by atoms with Gasteiger partial charge in [0.05, 0.1) is 13.2 Å². The van der Waals surface area contributed by atoms with E-state index in [9.17, 15) is 9.59 Å². The highest BCUT2D eigenvalue weighted by Gasteiger charge is 2.10. The molecule has 0 spiro atoms. The van der Waals surface area contributed by atoms with Crippen molar-refractivity contribution in [1.82, 2.24) is 10.2 Å². The molecule has 3 amide bonds. The fraction of sp³-hybridized carbons (Fsp3) is 0.750. The van der Waals surface area contributed by atoms with Crippen LogP contribution in [0, 0.1) is 0 Å². The fourth-order valence-electron chi connectivity index (χ4n) is 1.05. The number of amides is 3. The number of methoxy groups -OCH3 is 1. The zero-order valence-corrected chi connectivity index (χ0v) is 8.86. The molecule has 0 aromatic carbocycles. The zero-order chi connectivity index (χ0) is 11.7. The average Bonchev–Trinajstić information content (AvgIpc) is 2.13. The van der Waals surface area contributed by atoms with Crippen LogP contribution in [0.3, 0.4) is 0 Å². The van der Waals surface area contributed by atoms with Crippen LogP contribution in [-0.2, 0) is 9.53 Å². The molecule has 0 rings (SSSR count). The van der Waals surface area contributed by atoms with Gasteiger partial charge in [-0.25, -0.2) is 4.79 Å². The van der Waals surface area contributed by atoms with Gasteiger partial charge in [0.25, 0.3) is 0 Å². The number of carbonyl (C=O) groups is 2. The second-order valence-electron chi connectivity index (χ2n) is 2.97. The molecule has 5 N–H and O–H groups in total. The Morgan fingerprint density at radius 3 is 2.53 bits per heavy atom. The van der Waals surface area contributed by atoms with Gasteiger partial charge in [-0.15, -0.1) is 0 Å². The Kier molecular flexibility index (Phi) is 7.51. The highest BCUT2D eigenvalue weighted by Crippen LogP contribution is 1.87. The highest BCUT2D eigenvalue weighted by atomic mass is 16.5. The lowest BCUT2D eigenvalue weighted by atomic mass is 10.4. The highest BCUT2D eigenvalue weighted by molar-refractivity contribution is 5.94. The Labute approximate surface area is 88.7 Å². The van der Waals surface area contributed by atoms with E-state index in [1.54, 1.807) is 12.0 Å². The van der Waals surface area contributed by atoms with Crippen molar-refractivity contribution in [1.29, 1.82) is 0 Å². The number of hydrogen-bond acceptors (Lipinski definition) is 5. The molecule has 0 heterocycles. The Hall–Kier alpha value is -1.18. The van der Waals surface area contributed by atoms with Gasteiger partial charge in [0.2, 0.25) is 5.91 Å². The number of urea groups is 1. The number of nitrogens with one attached hydrogen (secondary N) is 1. The summed E-state index contributed by atoms with van der Waals surface area (Å²) >= 11 is 0. The molecule has 0 saturated carbocycles. The van der Waals surface area contributed by atoms with Crippen molar-refractivity contribution in [3.05, 3.63) is 0 Å². The molecule has 0 aromatic rings. The van der Waals surface area contributed by atoms with Crippen molar-refractivity contribution in [3.63, 3.8) is 0 Å². The molecule has 15 heavy (non-hydrogen) atoms. The average molecular weight is 218 g/mol. The Morgan fingerprint density at radius 2 is 2.07 bits per heavy atom. The standard InChI is InChI=1S/C8H18N4O3/c1-15-5-4-12(3-2-9)6-7(13)11-8(10)14/h2-6,9H2,1H3,(H3,10,11,13,14). The molecular weight excluding hydrogens is 200 g/mol. The normalized spacial score (nSPS) is 10.3. The van der Waals surface area contributed by atoms with Gasteiger partial charge in [-0.1, -0.05) is 0 Å². The van der Waals surface area contributed by atoms with Crippen LogP contribution >= 0.6 is 0 Å². The predicted molar refractivity (Wildman–Crippen MR) is 55.1 cm³/mol. The van der Waals surface area contributed by atoms with Crippen LogP contribution in [0.25, 0.3) is 0 Å². The van der Waals surface area contributed by atoms with E-state index in [1.807, 2.05) is 5.32 Å². The van der Waals surface area contributed by atoms with Crippen molar-refractivity contribution in [3.8, 4) is 0 Å². The van der Waals surface area contributed by atoms with E-state index >= 15 is 0 Å². The number of nitrogens with zero attached hydrogens (tertiary/aromatic N) is 1. The Balaban J connectivity index is 3.91. The number of carbonyl (C=O) groups excluding carboxylic acids is 2. The van der Waals surface area contributed by atoms with Crippen LogP contribution in [-0.4, -0.2) is 56.7 Å². The third-order valence-corrected chi connectivity index (χ3v) is 1.69. The lowest BCUT2D eigenvalue weighted by Gasteiger charge is -2.19. The summed E-state index contributed by atoms with van der Waals surface area (Å²) in [5.74, 6) is -0.438.